The summed E-state index contributed by atoms with van der Waals surface area (Å²) in [4.78, 5) is 4.71. The van der Waals surface area contributed by atoms with Crippen molar-refractivity contribution in [1.29, 1.82) is 0 Å². The quantitative estimate of drug-likeness (QED) is 0.687. The van der Waals surface area contributed by atoms with Gasteiger partial charge >= 0.3 is 0 Å². The van der Waals surface area contributed by atoms with Crippen LogP contribution < -0.4 is 4.72 Å². The number of benzene rings is 1. The number of hydrogen-bond donors (Lipinski definition) is 1. The lowest BCUT2D eigenvalue weighted by Gasteiger charge is -2.10. The Morgan fingerprint density at radius 1 is 1.16 bits per heavy atom. The fourth-order valence-corrected chi connectivity index (χ4v) is 4.14. The van der Waals surface area contributed by atoms with Gasteiger partial charge in [-0.05, 0) is 56.4 Å². The van der Waals surface area contributed by atoms with Crippen molar-refractivity contribution in [3.63, 3.8) is 0 Å². The zero-order chi connectivity index (χ0) is 18.0. The van der Waals surface area contributed by atoms with E-state index in [4.69, 9.17) is 0 Å². The molecule has 1 N–H and O–H groups in total. The predicted molar refractivity (Wildman–Crippen MR) is 97.1 cm³/mol. The maximum absolute atomic E-state index is 12.5. The number of aryl methyl sites for hydroxylation is 4. The molecule has 0 fully saturated rings. The van der Waals surface area contributed by atoms with Crippen LogP contribution in [0.3, 0.4) is 0 Å². The van der Waals surface area contributed by atoms with Crippen LogP contribution in [0, 0.1) is 20.8 Å². The highest BCUT2D eigenvalue weighted by molar-refractivity contribution is 7.89. The Labute approximate surface area is 148 Å². The molecule has 0 bridgehead atoms. The van der Waals surface area contributed by atoms with Gasteiger partial charge in [0.15, 0.2) is 5.65 Å². The van der Waals surface area contributed by atoms with E-state index in [9.17, 15) is 8.42 Å². The van der Waals surface area contributed by atoms with Crippen molar-refractivity contribution in [2.24, 2.45) is 0 Å². The Morgan fingerprint density at radius 3 is 2.76 bits per heavy atom. The summed E-state index contributed by atoms with van der Waals surface area (Å²) in [6.07, 6.45) is 5.18. The van der Waals surface area contributed by atoms with Crippen LogP contribution >= 0.6 is 0 Å². The third-order valence-electron chi connectivity index (χ3n) is 4.06. The minimum Gasteiger partial charge on any atom is -0.237 e. The van der Waals surface area contributed by atoms with Crippen LogP contribution in [0.1, 0.15) is 28.8 Å². The summed E-state index contributed by atoms with van der Waals surface area (Å²) >= 11 is 0. The summed E-state index contributed by atoms with van der Waals surface area (Å²) in [5.41, 5.74) is 4.45. The SMILES string of the molecule is Cc1ccc(C)c(S(=O)(=O)NCCCc2cnc3cc(C)nn3c2)c1. The Hall–Kier alpha value is -2.25. The fourth-order valence-electron chi connectivity index (χ4n) is 2.74. The molecular weight excluding hydrogens is 336 g/mol. The molecule has 1 aromatic carbocycles. The van der Waals surface area contributed by atoms with Gasteiger partial charge in [0.05, 0.1) is 10.6 Å². The zero-order valence-electron chi connectivity index (χ0n) is 14.7. The predicted octanol–water partition coefficient (Wildman–Crippen LogP) is 2.57. The van der Waals surface area contributed by atoms with E-state index in [2.05, 4.69) is 14.8 Å². The minimum atomic E-state index is -3.48. The van der Waals surface area contributed by atoms with Crippen molar-refractivity contribution in [2.75, 3.05) is 6.54 Å². The minimum absolute atomic E-state index is 0.350. The first-order valence-corrected chi connectivity index (χ1v) is 9.71. The lowest BCUT2D eigenvalue weighted by molar-refractivity contribution is 0.578. The smallest absolute Gasteiger partial charge is 0.237 e. The first-order valence-electron chi connectivity index (χ1n) is 8.23. The fraction of sp³-hybridized carbons (Fsp3) is 0.333. The van der Waals surface area contributed by atoms with Crippen molar-refractivity contribution in [3.8, 4) is 0 Å². The monoisotopic (exact) mass is 358 g/mol. The first kappa shape index (κ1) is 17.6. The second kappa shape index (κ2) is 6.93. The molecular formula is C18H22N4O2S. The van der Waals surface area contributed by atoms with Crippen LogP contribution in [0.2, 0.25) is 0 Å². The molecule has 0 saturated carbocycles. The summed E-state index contributed by atoms with van der Waals surface area (Å²) in [7, 11) is -3.48. The highest BCUT2D eigenvalue weighted by atomic mass is 32.2. The van der Waals surface area contributed by atoms with Crippen LogP contribution in [0.25, 0.3) is 5.65 Å². The maximum Gasteiger partial charge on any atom is 0.240 e. The van der Waals surface area contributed by atoms with E-state index in [-0.39, 0.29) is 0 Å². The molecule has 3 aromatic rings. The van der Waals surface area contributed by atoms with Gasteiger partial charge in [-0.15, -0.1) is 0 Å². The van der Waals surface area contributed by atoms with E-state index in [1.807, 2.05) is 44.4 Å². The molecule has 6 nitrogen and oxygen atoms in total. The molecule has 3 rings (SSSR count). The van der Waals surface area contributed by atoms with Crippen molar-refractivity contribution in [3.05, 3.63) is 59.0 Å². The zero-order valence-corrected chi connectivity index (χ0v) is 15.5. The van der Waals surface area contributed by atoms with Gasteiger partial charge in [-0.3, -0.25) is 0 Å². The second-order valence-corrected chi connectivity index (χ2v) is 8.06. The van der Waals surface area contributed by atoms with Gasteiger partial charge in [0.25, 0.3) is 0 Å². The van der Waals surface area contributed by atoms with E-state index in [1.54, 1.807) is 17.5 Å². The summed E-state index contributed by atoms with van der Waals surface area (Å²) in [5, 5.41) is 4.34. The molecule has 0 aliphatic carbocycles. The lowest BCUT2D eigenvalue weighted by Crippen LogP contribution is -2.26. The first-order chi connectivity index (χ1) is 11.8. The van der Waals surface area contributed by atoms with Crippen LogP contribution in [0.4, 0.5) is 0 Å². The Bertz CT molecular complexity index is 1010. The topological polar surface area (TPSA) is 76.4 Å². The number of sulfonamides is 1. The van der Waals surface area contributed by atoms with Crippen molar-refractivity contribution in [2.45, 2.75) is 38.5 Å². The van der Waals surface area contributed by atoms with E-state index in [0.717, 1.165) is 34.5 Å². The van der Waals surface area contributed by atoms with Crippen molar-refractivity contribution in [1.82, 2.24) is 19.3 Å². The largest absolute Gasteiger partial charge is 0.240 e. The summed E-state index contributed by atoms with van der Waals surface area (Å²) < 4.78 is 29.4. The molecule has 0 radical (unpaired) electrons. The molecule has 0 saturated heterocycles. The maximum atomic E-state index is 12.5. The number of rotatable bonds is 6. The van der Waals surface area contributed by atoms with Gasteiger partial charge in [-0.25, -0.2) is 22.6 Å². The molecule has 25 heavy (non-hydrogen) atoms. The van der Waals surface area contributed by atoms with Crippen molar-refractivity contribution < 1.29 is 8.42 Å². The number of nitrogens with one attached hydrogen (secondary N) is 1. The van der Waals surface area contributed by atoms with E-state index >= 15 is 0 Å². The Morgan fingerprint density at radius 2 is 1.96 bits per heavy atom. The molecule has 0 amide bonds. The van der Waals surface area contributed by atoms with Crippen LogP contribution in [-0.2, 0) is 16.4 Å². The number of nitrogens with zero attached hydrogens (tertiary/aromatic N) is 3. The molecule has 2 heterocycles. The van der Waals surface area contributed by atoms with E-state index < -0.39 is 10.0 Å². The standard InChI is InChI=1S/C18H22N4O2S/c1-13-6-7-14(2)17(9-13)25(23,24)20-8-4-5-16-11-19-18-10-15(3)21-22(18)12-16/h6-7,9-12,20H,4-5,8H2,1-3H3. The summed E-state index contributed by atoms with van der Waals surface area (Å²) in [6, 6.07) is 7.36. The average molecular weight is 358 g/mol. The van der Waals surface area contributed by atoms with Crippen molar-refractivity contribution >= 4 is 15.7 Å². The molecule has 132 valence electrons. The molecule has 2 aromatic heterocycles. The molecule has 0 spiro atoms. The van der Waals surface area contributed by atoms with E-state index in [0.29, 0.717) is 17.9 Å². The molecule has 0 aliphatic heterocycles. The van der Waals surface area contributed by atoms with E-state index in [1.165, 1.54) is 0 Å². The molecule has 0 unspecified atom stereocenters. The molecule has 0 atom stereocenters. The molecule has 0 aliphatic rings. The van der Waals surface area contributed by atoms with Crippen LogP contribution in [-0.4, -0.2) is 29.6 Å². The highest BCUT2D eigenvalue weighted by Crippen LogP contribution is 2.16. The normalized spacial score (nSPS) is 12.0. The third kappa shape index (κ3) is 4.05. The number of hydrogen-bond acceptors (Lipinski definition) is 4. The average Bonchev–Trinajstić information content (AvgIpc) is 2.93. The van der Waals surface area contributed by atoms with Gasteiger partial charge in [0.1, 0.15) is 0 Å². The van der Waals surface area contributed by atoms with Gasteiger partial charge in [0, 0.05) is 25.0 Å². The highest BCUT2D eigenvalue weighted by Gasteiger charge is 2.16. The Kier molecular flexibility index (Phi) is 4.87. The van der Waals surface area contributed by atoms with Gasteiger partial charge in [-0.2, -0.15) is 5.10 Å². The van der Waals surface area contributed by atoms with Crippen LogP contribution in [0.5, 0.6) is 0 Å². The van der Waals surface area contributed by atoms with Gasteiger partial charge in [-0.1, -0.05) is 12.1 Å². The number of fused-ring (bicyclic) bond motifs is 1. The lowest BCUT2D eigenvalue weighted by atomic mass is 10.2. The third-order valence-corrected chi connectivity index (χ3v) is 5.66. The second-order valence-electron chi connectivity index (χ2n) is 6.32. The van der Waals surface area contributed by atoms with Gasteiger partial charge in [0.2, 0.25) is 10.0 Å². The summed E-state index contributed by atoms with van der Waals surface area (Å²) in [5.74, 6) is 0. The summed E-state index contributed by atoms with van der Waals surface area (Å²) in [6.45, 7) is 6.00. The van der Waals surface area contributed by atoms with Gasteiger partial charge < -0.3 is 0 Å². The number of aromatic nitrogens is 3. The van der Waals surface area contributed by atoms with Crippen LogP contribution in [0.15, 0.2) is 41.6 Å². The Balaban J connectivity index is 1.60. The molecule has 7 heteroatoms.